The van der Waals surface area contributed by atoms with Crippen molar-refractivity contribution in [3.8, 4) is 22.3 Å². The Morgan fingerprint density at radius 2 is 1.86 bits per heavy atom. The van der Waals surface area contributed by atoms with Gasteiger partial charge >= 0.3 is 0 Å². The number of amides is 1. The van der Waals surface area contributed by atoms with E-state index in [4.69, 9.17) is 10.1 Å². The van der Waals surface area contributed by atoms with E-state index in [1.54, 1.807) is 29.9 Å². The molecule has 5 aromatic rings. The number of H-pyrrole nitrogens is 1. The van der Waals surface area contributed by atoms with E-state index >= 15 is 0 Å². The quantitative estimate of drug-likeness (QED) is 0.319. The lowest BCUT2D eigenvalue weighted by Crippen LogP contribution is -2.31. The summed E-state index contributed by atoms with van der Waals surface area (Å²) in [4.78, 5) is 29.0. The number of hydrogen-bond donors (Lipinski definition) is 2. The molecule has 0 fully saturated rings. The number of imidazole rings is 1. The van der Waals surface area contributed by atoms with Crippen LogP contribution in [0, 0.1) is 0 Å². The van der Waals surface area contributed by atoms with Crippen molar-refractivity contribution in [2.24, 2.45) is 5.10 Å². The molecule has 2 N–H and O–H groups in total. The van der Waals surface area contributed by atoms with E-state index in [0.29, 0.717) is 22.5 Å². The third-order valence-electron chi connectivity index (χ3n) is 6.32. The van der Waals surface area contributed by atoms with Crippen LogP contribution < -0.4 is 9.91 Å². The molecule has 36 heavy (non-hydrogen) atoms. The largest absolute Gasteiger partial charge is 0.335 e. The van der Waals surface area contributed by atoms with Crippen molar-refractivity contribution in [3.63, 3.8) is 0 Å². The number of rotatable bonds is 5. The summed E-state index contributed by atoms with van der Waals surface area (Å²) in [6, 6.07) is 10.3. The van der Waals surface area contributed by atoms with Gasteiger partial charge in [0.2, 0.25) is 5.91 Å². The molecule has 6 rings (SSSR count). The fourth-order valence-corrected chi connectivity index (χ4v) is 5.16. The van der Waals surface area contributed by atoms with Crippen LogP contribution in [0.25, 0.3) is 33.3 Å². The second kappa shape index (κ2) is 8.47. The van der Waals surface area contributed by atoms with Gasteiger partial charge in [-0.15, -0.1) is 0 Å². The zero-order valence-electron chi connectivity index (χ0n) is 20.1. The molecule has 0 atom stereocenters. The molecule has 1 aliphatic rings. The maximum atomic E-state index is 11.9. The van der Waals surface area contributed by atoms with Crippen LogP contribution in [0.3, 0.4) is 0 Å². The SMILES string of the molecule is CCC(=O)Nc1cncc(-c2ccc3c(c2)C(c2nc4c(-c5ccsc5)cncc4[nH]2)=N[N+]3(C)C)c1. The second-order valence-electron chi connectivity index (χ2n) is 9.12. The maximum Gasteiger partial charge on any atom is 0.224 e. The van der Waals surface area contributed by atoms with E-state index < -0.39 is 0 Å². The average molecular weight is 495 g/mol. The summed E-state index contributed by atoms with van der Waals surface area (Å²) >= 11 is 1.65. The lowest BCUT2D eigenvalue weighted by Gasteiger charge is -2.18. The highest BCUT2D eigenvalue weighted by atomic mass is 32.1. The highest BCUT2D eigenvalue weighted by Gasteiger charge is 2.36. The maximum absolute atomic E-state index is 11.9. The Morgan fingerprint density at radius 1 is 1.00 bits per heavy atom. The first kappa shape index (κ1) is 22.3. The highest BCUT2D eigenvalue weighted by molar-refractivity contribution is 7.08. The Kier molecular flexibility index (Phi) is 5.24. The van der Waals surface area contributed by atoms with Crippen LogP contribution in [0.5, 0.6) is 0 Å². The number of nitrogens with zero attached hydrogens (tertiary/aromatic N) is 5. The van der Waals surface area contributed by atoms with E-state index in [9.17, 15) is 4.79 Å². The second-order valence-corrected chi connectivity index (χ2v) is 9.90. The van der Waals surface area contributed by atoms with Crippen LogP contribution in [-0.4, -0.2) is 45.7 Å². The topological polar surface area (TPSA) is 95.9 Å². The smallest absolute Gasteiger partial charge is 0.224 e. The van der Waals surface area contributed by atoms with Gasteiger partial charge in [-0.05, 0) is 46.2 Å². The molecule has 0 bridgehead atoms. The van der Waals surface area contributed by atoms with E-state index in [-0.39, 0.29) is 5.91 Å². The van der Waals surface area contributed by atoms with Crippen molar-refractivity contribution in [1.82, 2.24) is 24.5 Å². The van der Waals surface area contributed by atoms with Gasteiger partial charge in [0.1, 0.15) is 5.52 Å². The molecular weight excluding hydrogens is 470 g/mol. The first-order valence-corrected chi connectivity index (χ1v) is 12.6. The summed E-state index contributed by atoms with van der Waals surface area (Å²) in [6.45, 7) is 1.82. The molecular formula is C27H24N7OS+. The van der Waals surface area contributed by atoms with Gasteiger partial charge in [-0.3, -0.25) is 14.8 Å². The van der Waals surface area contributed by atoms with Crippen LogP contribution in [0.2, 0.25) is 0 Å². The Balaban J connectivity index is 1.44. The first-order chi connectivity index (χ1) is 17.4. The Morgan fingerprint density at radius 3 is 2.67 bits per heavy atom. The minimum absolute atomic E-state index is 0.0439. The summed E-state index contributed by atoms with van der Waals surface area (Å²) in [5, 5.41) is 12.1. The number of fused-ring (bicyclic) bond motifs is 2. The number of benzene rings is 1. The number of aromatic nitrogens is 4. The number of nitrogens with one attached hydrogen (secondary N) is 2. The highest BCUT2D eigenvalue weighted by Crippen LogP contribution is 2.37. The van der Waals surface area contributed by atoms with Crippen molar-refractivity contribution in [2.45, 2.75) is 13.3 Å². The van der Waals surface area contributed by atoms with Crippen molar-refractivity contribution < 1.29 is 4.79 Å². The Bertz CT molecular complexity index is 1650. The lowest BCUT2D eigenvalue weighted by molar-refractivity contribution is -0.115. The van der Waals surface area contributed by atoms with Crippen LogP contribution in [0.4, 0.5) is 11.4 Å². The van der Waals surface area contributed by atoms with Gasteiger partial charge in [0.25, 0.3) is 0 Å². The molecule has 8 nitrogen and oxygen atoms in total. The molecule has 0 aliphatic carbocycles. The summed E-state index contributed by atoms with van der Waals surface area (Å²) in [5.74, 6) is 0.663. The summed E-state index contributed by atoms with van der Waals surface area (Å²) in [7, 11) is 4.10. The molecule has 0 unspecified atom stereocenters. The summed E-state index contributed by atoms with van der Waals surface area (Å²) in [5.41, 5.74) is 9.30. The normalized spacial score (nSPS) is 14.0. The van der Waals surface area contributed by atoms with Gasteiger partial charge in [0, 0.05) is 36.0 Å². The van der Waals surface area contributed by atoms with Gasteiger partial charge in [-0.2, -0.15) is 15.9 Å². The molecule has 0 saturated carbocycles. The molecule has 9 heteroatoms. The van der Waals surface area contributed by atoms with Crippen molar-refractivity contribution in [3.05, 3.63) is 77.3 Å². The molecule has 178 valence electrons. The number of aromatic amines is 1. The van der Waals surface area contributed by atoms with E-state index in [1.165, 1.54) is 0 Å². The number of quaternary nitrogens is 1. The fraction of sp³-hybridized carbons (Fsp3) is 0.148. The summed E-state index contributed by atoms with van der Waals surface area (Å²) < 4.78 is 0.364. The molecule has 5 heterocycles. The molecule has 1 amide bonds. The molecule has 0 saturated heterocycles. The van der Waals surface area contributed by atoms with Crippen LogP contribution in [0.15, 0.2) is 71.0 Å². The number of thiophene rings is 1. The van der Waals surface area contributed by atoms with Crippen LogP contribution >= 0.6 is 11.3 Å². The fourth-order valence-electron chi connectivity index (χ4n) is 4.50. The van der Waals surface area contributed by atoms with Gasteiger partial charge in [0.15, 0.2) is 17.2 Å². The van der Waals surface area contributed by atoms with E-state index in [0.717, 1.165) is 50.2 Å². The summed E-state index contributed by atoms with van der Waals surface area (Å²) in [6.07, 6.45) is 7.53. The minimum Gasteiger partial charge on any atom is -0.335 e. The van der Waals surface area contributed by atoms with Gasteiger partial charge in [0.05, 0.1) is 43.3 Å². The van der Waals surface area contributed by atoms with Crippen LogP contribution in [-0.2, 0) is 4.79 Å². The lowest BCUT2D eigenvalue weighted by atomic mass is 10.00. The average Bonchev–Trinajstić information content (AvgIpc) is 3.62. The number of hydrogen-bond acceptors (Lipinski definition) is 6. The number of anilines is 1. The number of pyridine rings is 2. The molecule has 0 spiro atoms. The monoisotopic (exact) mass is 494 g/mol. The third-order valence-corrected chi connectivity index (χ3v) is 7.00. The molecule has 1 aromatic carbocycles. The minimum atomic E-state index is -0.0439. The van der Waals surface area contributed by atoms with Crippen molar-refractivity contribution in [1.29, 1.82) is 0 Å². The van der Waals surface area contributed by atoms with E-state index in [1.807, 2.05) is 19.2 Å². The van der Waals surface area contributed by atoms with Crippen LogP contribution in [0.1, 0.15) is 24.7 Å². The van der Waals surface area contributed by atoms with Gasteiger partial charge in [-0.1, -0.05) is 12.0 Å². The van der Waals surface area contributed by atoms with Crippen molar-refractivity contribution in [2.75, 3.05) is 19.4 Å². The predicted octanol–water partition coefficient (Wildman–Crippen LogP) is 5.43. The molecule has 1 aliphatic heterocycles. The first-order valence-electron chi connectivity index (χ1n) is 11.6. The number of carbonyl (C=O) groups excluding carboxylic acids is 1. The van der Waals surface area contributed by atoms with Crippen molar-refractivity contribution >= 4 is 45.4 Å². The molecule has 0 radical (unpaired) electrons. The van der Waals surface area contributed by atoms with E-state index in [2.05, 4.69) is 69.4 Å². The van der Waals surface area contributed by atoms with Gasteiger partial charge < -0.3 is 10.3 Å². The van der Waals surface area contributed by atoms with Gasteiger partial charge in [-0.25, -0.2) is 4.98 Å². The number of carbonyl (C=O) groups is 1. The molecule has 4 aromatic heterocycles. The zero-order chi connectivity index (χ0) is 24.9. The Labute approximate surface area is 212 Å². The Hall–Kier alpha value is -4.21. The third kappa shape index (κ3) is 3.78. The standard InChI is InChI=1S/C27H23N7OS/c1-4-24(35)30-19-9-18(11-28-12-19)16-5-6-23-20(10-16)26(33-34(23,2)3)27-31-22-14-29-13-21(25(22)32-27)17-7-8-36-15-17/h5-15H,4H2,1-3H3,(H-,29,30,31,32,33,35)/p+1. The predicted molar refractivity (Wildman–Crippen MR) is 145 cm³/mol. The zero-order valence-corrected chi connectivity index (χ0v) is 20.9.